The molecule has 0 unspecified atom stereocenters. The molecule has 3 heterocycles. The van der Waals surface area contributed by atoms with Gasteiger partial charge in [0.2, 0.25) is 5.91 Å². The molecular formula is C26H24N6O2. The van der Waals surface area contributed by atoms with Gasteiger partial charge < -0.3 is 10.3 Å². The Hall–Kier alpha value is -4.33. The minimum absolute atomic E-state index is 0.156. The zero-order valence-electron chi connectivity index (χ0n) is 19.2. The van der Waals surface area contributed by atoms with Crippen molar-refractivity contribution in [2.45, 2.75) is 33.6 Å². The molecular weight excluding hydrogens is 428 g/mol. The van der Waals surface area contributed by atoms with E-state index in [9.17, 15) is 9.59 Å². The van der Waals surface area contributed by atoms with Gasteiger partial charge in [0.25, 0.3) is 5.56 Å². The second-order valence-electron chi connectivity index (χ2n) is 8.40. The number of aryl methyl sites for hydroxylation is 4. The van der Waals surface area contributed by atoms with Crippen LogP contribution in [0, 0.1) is 20.8 Å². The van der Waals surface area contributed by atoms with Gasteiger partial charge in [0.1, 0.15) is 5.82 Å². The standard InChI is InChI=1S/C26H24N6O2/c1-15-14-16(2)27-25-24(15)17(3)31-32(25)19-10-8-18(9-11-19)28-23(33)13-12-22-29-21-7-5-4-6-20(21)26(34)30-22/h4-11,14H,12-13H2,1-3H3,(H,28,33)(H,29,30,34). The summed E-state index contributed by atoms with van der Waals surface area (Å²) in [5.41, 5.74) is 5.82. The van der Waals surface area contributed by atoms with Gasteiger partial charge >= 0.3 is 0 Å². The number of aromatic amines is 1. The van der Waals surface area contributed by atoms with Crippen LogP contribution in [0.15, 0.2) is 59.4 Å². The average Bonchev–Trinajstić information content (AvgIpc) is 3.14. The highest BCUT2D eigenvalue weighted by atomic mass is 16.1. The fraction of sp³-hybridized carbons (Fsp3) is 0.192. The number of carbonyl (C=O) groups is 1. The Bertz CT molecular complexity index is 1600. The third-order valence-corrected chi connectivity index (χ3v) is 5.78. The molecule has 5 rings (SSSR count). The second-order valence-corrected chi connectivity index (χ2v) is 8.40. The van der Waals surface area contributed by atoms with Gasteiger partial charge in [-0.2, -0.15) is 5.10 Å². The summed E-state index contributed by atoms with van der Waals surface area (Å²) in [6.45, 7) is 6.02. The van der Waals surface area contributed by atoms with E-state index in [4.69, 9.17) is 0 Å². The van der Waals surface area contributed by atoms with E-state index in [1.54, 1.807) is 18.2 Å². The highest BCUT2D eigenvalue weighted by Gasteiger charge is 2.14. The first-order chi connectivity index (χ1) is 16.4. The van der Waals surface area contributed by atoms with Gasteiger partial charge in [0.15, 0.2) is 5.65 Å². The largest absolute Gasteiger partial charge is 0.326 e. The highest BCUT2D eigenvalue weighted by molar-refractivity contribution is 5.91. The van der Waals surface area contributed by atoms with E-state index in [0.29, 0.717) is 28.8 Å². The van der Waals surface area contributed by atoms with E-state index >= 15 is 0 Å². The number of nitrogens with one attached hydrogen (secondary N) is 2. The van der Waals surface area contributed by atoms with E-state index < -0.39 is 0 Å². The van der Waals surface area contributed by atoms with Gasteiger partial charge in [-0.05, 0) is 68.8 Å². The van der Waals surface area contributed by atoms with Gasteiger partial charge in [-0.25, -0.2) is 14.6 Å². The van der Waals surface area contributed by atoms with E-state index in [-0.39, 0.29) is 17.9 Å². The average molecular weight is 453 g/mol. The van der Waals surface area contributed by atoms with Crippen LogP contribution < -0.4 is 10.9 Å². The summed E-state index contributed by atoms with van der Waals surface area (Å²) in [7, 11) is 0. The number of benzene rings is 2. The van der Waals surface area contributed by atoms with E-state index in [1.807, 2.05) is 48.9 Å². The Morgan fingerprint density at radius 2 is 1.79 bits per heavy atom. The molecule has 0 spiro atoms. The Labute approximate surface area is 195 Å². The number of hydrogen-bond acceptors (Lipinski definition) is 5. The maximum atomic E-state index is 12.5. The number of hydrogen-bond donors (Lipinski definition) is 2. The number of nitrogens with zero attached hydrogens (tertiary/aromatic N) is 4. The van der Waals surface area contributed by atoms with E-state index in [0.717, 1.165) is 33.7 Å². The molecule has 0 bridgehead atoms. The van der Waals surface area contributed by atoms with Gasteiger partial charge in [-0.1, -0.05) is 12.1 Å². The van der Waals surface area contributed by atoms with Gasteiger partial charge in [-0.3, -0.25) is 9.59 Å². The molecule has 170 valence electrons. The molecule has 1 amide bonds. The maximum absolute atomic E-state index is 12.5. The number of H-pyrrole nitrogens is 1. The van der Waals surface area contributed by atoms with Gasteiger partial charge in [0.05, 0.1) is 22.3 Å². The van der Waals surface area contributed by atoms with Crippen LogP contribution >= 0.6 is 0 Å². The first-order valence-electron chi connectivity index (χ1n) is 11.1. The minimum atomic E-state index is -0.196. The number of carbonyl (C=O) groups excluding carboxylic acids is 1. The molecule has 0 aliphatic rings. The van der Waals surface area contributed by atoms with Crippen LogP contribution in [-0.4, -0.2) is 30.6 Å². The van der Waals surface area contributed by atoms with Crippen molar-refractivity contribution in [3.8, 4) is 5.69 Å². The van der Waals surface area contributed by atoms with Crippen LogP contribution in [-0.2, 0) is 11.2 Å². The molecule has 34 heavy (non-hydrogen) atoms. The van der Waals surface area contributed by atoms with Crippen LogP contribution in [0.1, 0.15) is 29.2 Å². The summed E-state index contributed by atoms with van der Waals surface area (Å²) < 4.78 is 1.83. The van der Waals surface area contributed by atoms with Crippen molar-refractivity contribution >= 4 is 33.5 Å². The quantitative estimate of drug-likeness (QED) is 0.417. The highest BCUT2D eigenvalue weighted by Crippen LogP contribution is 2.24. The van der Waals surface area contributed by atoms with Crippen LogP contribution in [0.25, 0.3) is 27.6 Å². The first-order valence-corrected chi connectivity index (χ1v) is 11.1. The first kappa shape index (κ1) is 21.5. The summed E-state index contributed by atoms with van der Waals surface area (Å²) in [6.07, 6.45) is 0.543. The number of rotatable bonds is 5. The predicted octanol–water partition coefficient (Wildman–Crippen LogP) is 4.15. The minimum Gasteiger partial charge on any atom is -0.326 e. The summed E-state index contributed by atoms with van der Waals surface area (Å²) in [5.74, 6) is 0.338. The van der Waals surface area contributed by atoms with Crippen LogP contribution in [0.4, 0.5) is 5.69 Å². The molecule has 0 saturated heterocycles. The fourth-order valence-electron chi connectivity index (χ4n) is 4.24. The molecule has 2 N–H and O–H groups in total. The molecule has 0 saturated carbocycles. The molecule has 0 aliphatic heterocycles. The summed E-state index contributed by atoms with van der Waals surface area (Å²) in [5, 5.41) is 9.17. The zero-order valence-corrected chi connectivity index (χ0v) is 19.2. The van der Waals surface area contributed by atoms with Crippen molar-refractivity contribution in [3.63, 3.8) is 0 Å². The molecule has 8 heteroatoms. The van der Waals surface area contributed by atoms with Crippen molar-refractivity contribution in [1.29, 1.82) is 0 Å². The summed E-state index contributed by atoms with van der Waals surface area (Å²) in [6, 6.07) is 16.7. The number of amides is 1. The number of pyridine rings is 1. The number of anilines is 1. The number of para-hydroxylation sites is 1. The Morgan fingerprint density at radius 3 is 2.59 bits per heavy atom. The van der Waals surface area contributed by atoms with Crippen molar-refractivity contribution < 1.29 is 4.79 Å². The van der Waals surface area contributed by atoms with Gasteiger partial charge in [-0.15, -0.1) is 0 Å². The topological polar surface area (TPSA) is 106 Å². The third-order valence-electron chi connectivity index (χ3n) is 5.78. The summed E-state index contributed by atoms with van der Waals surface area (Å²) >= 11 is 0. The van der Waals surface area contributed by atoms with Crippen LogP contribution in [0.2, 0.25) is 0 Å². The molecule has 0 fully saturated rings. The van der Waals surface area contributed by atoms with Crippen molar-refractivity contribution in [2.75, 3.05) is 5.32 Å². The van der Waals surface area contributed by atoms with Crippen molar-refractivity contribution in [2.24, 2.45) is 0 Å². The molecule has 0 atom stereocenters. The van der Waals surface area contributed by atoms with Gasteiger partial charge in [0, 0.05) is 29.6 Å². The molecule has 2 aromatic carbocycles. The summed E-state index contributed by atoms with van der Waals surface area (Å²) in [4.78, 5) is 36.6. The predicted molar refractivity (Wildman–Crippen MR) is 132 cm³/mol. The van der Waals surface area contributed by atoms with Crippen molar-refractivity contribution in [1.82, 2.24) is 24.7 Å². The second kappa shape index (κ2) is 8.55. The Morgan fingerprint density at radius 1 is 1.03 bits per heavy atom. The van der Waals surface area contributed by atoms with Crippen LogP contribution in [0.5, 0.6) is 0 Å². The smallest absolute Gasteiger partial charge is 0.258 e. The maximum Gasteiger partial charge on any atom is 0.258 e. The monoisotopic (exact) mass is 452 g/mol. The molecule has 5 aromatic rings. The SMILES string of the molecule is Cc1cc(C)c2c(C)nn(-c3ccc(NC(=O)CCc4nc5ccccc5c(=O)[nH]4)cc3)c2n1. The lowest BCUT2D eigenvalue weighted by atomic mass is 10.1. The lowest BCUT2D eigenvalue weighted by Crippen LogP contribution is -2.16. The van der Waals surface area contributed by atoms with E-state index in [1.165, 1.54) is 0 Å². The number of aromatic nitrogens is 5. The molecule has 0 radical (unpaired) electrons. The Kier molecular flexibility index (Phi) is 5.41. The van der Waals surface area contributed by atoms with Crippen molar-refractivity contribution in [3.05, 3.63) is 87.7 Å². The normalized spacial score (nSPS) is 11.3. The fourth-order valence-corrected chi connectivity index (χ4v) is 4.24. The van der Waals surface area contributed by atoms with Crippen LogP contribution in [0.3, 0.4) is 0 Å². The number of fused-ring (bicyclic) bond motifs is 2. The molecule has 0 aliphatic carbocycles. The zero-order chi connectivity index (χ0) is 23.8. The lowest BCUT2D eigenvalue weighted by molar-refractivity contribution is -0.116. The lowest BCUT2D eigenvalue weighted by Gasteiger charge is -2.08. The molecule has 8 nitrogen and oxygen atoms in total. The Balaban J connectivity index is 1.29. The molecule has 3 aromatic heterocycles. The van der Waals surface area contributed by atoms with E-state index in [2.05, 4.69) is 38.4 Å². The third kappa shape index (κ3) is 4.05.